The highest BCUT2D eigenvalue weighted by Crippen LogP contribution is 2.60. The molecular weight excluding hydrogens is 530 g/mol. The van der Waals surface area contributed by atoms with Crippen LogP contribution in [0, 0.1) is 6.92 Å². The zero-order chi connectivity index (χ0) is 27.5. The maximum atomic E-state index is 12.1. The first-order chi connectivity index (χ1) is 17.4. The second-order valence-electron chi connectivity index (χ2n) is 9.24. The van der Waals surface area contributed by atoms with Gasteiger partial charge in [-0.2, -0.15) is 4.31 Å². The zero-order valence-corrected chi connectivity index (χ0v) is 23.2. The van der Waals surface area contributed by atoms with E-state index in [9.17, 15) is 33.6 Å². The van der Waals surface area contributed by atoms with Crippen molar-refractivity contribution < 1.29 is 42.1 Å². The number of H-pyrrole nitrogens is 1. The predicted molar refractivity (Wildman–Crippen MR) is 135 cm³/mol. The van der Waals surface area contributed by atoms with Crippen molar-refractivity contribution >= 4 is 15.6 Å². The molecule has 13 nitrogen and oxygen atoms in total. The minimum absolute atomic E-state index is 0.0591. The van der Waals surface area contributed by atoms with Crippen LogP contribution in [0.2, 0.25) is 0 Å². The summed E-state index contributed by atoms with van der Waals surface area (Å²) in [6, 6.07) is 0. The summed E-state index contributed by atoms with van der Waals surface area (Å²) in [7, 11) is -9.90. The highest BCUT2D eigenvalue weighted by Gasteiger charge is 2.40. The number of rotatable bonds is 18. The van der Waals surface area contributed by atoms with Gasteiger partial charge in [-0.15, -0.1) is 0 Å². The molecule has 0 spiro atoms. The van der Waals surface area contributed by atoms with Crippen LogP contribution in [0.15, 0.2) is 15.8 Å². The molecule has 1 aromatic heterocycles. The molecule has 214 valence electrons. The van der Waals surface area contributed by atoms with Gasteiger partial charge in [0, 0.05) is 18.2 Å². The summed E-state index contributed by atoms with van der Waals surface area (Å²) in [6.07, 6.45) is 8.61. The summed E-state index contributed by atoms with van der Waals surface area (Å²) in [5.41, 5.74) is -1.05. The number of phosphoric ester groups is 2. The van der Waals surface area contributed by atoms with Crippen molar-refractivity contribution in [2.75, 3.05) is 13.2 Å². The van der Waals surface area contributed by atoms with Crippen molar-refractivity contribution in [3.63, 3.8) is 0 Å². The van der Waals surface area contributed by atoms with Crippen LogP contribution in [0.5, 0.6) is 0 Å². The quantitative estimate of drug-likeness (QED) is 0.149. The van der Waals surface area contributed by atoms with Gasteiger partial charge in [-0.05, 0) is 13.3 Å². The minimum atomic E-state index is -5.04. The molecule has 2 unspecified atom stereocenters. The molecule has 1 saturated heterocycles. The number of hydrogen-bond donors (Lipinski definition) is 4. The van der Waals surface area contributed by atoms with Crippen LogP contribution in [0.3, 0.4) is 0 Å². The Kier molecular flexibility index (Phi) is 13.4. The molecule has 1 aliphatic rings. The van der Waals surface area contributed by atoms with E-state index >= 15 is 0 Å². The Morgan fingerprint density at radius 1 is 1.00 bits per heavy atom. The van der Waals surface area contributed by atoms with E-state index in [2.05, 4.69) is 16.2 Å². The number of aliphatic hydroxyl groups is 1. The number of phosphoric acid groups is 2. The zero-order valence-electron chi connectivity index (χ0n) is 21.5. The number of aryl methyl sites for hydroxylation is 1. The smallest absolute Gasteiger partial charge is 0.390 e. The molecule has 0 bridgehead atoms. The maximum absolute atomic E-state index is 12.1. The number of hydrogen-bond acceptors (Lipinski definition) is 9. The largest absolute Gasteiger partial charge is 0.481 e. The first-order valence-electron chi connectivity index (χ1n) is 12.8. The molecule has 0 saturated carbocycles. The predicted octanol–water partition coefficient (Wildman–Crippen LogP) is 3.66. The van der Waals surface area contributed by atoms with Gasteiger partial charge in [0.15, 0.2) is 0 Å². The van der Waals surface area contributed by atoms with Crippen molar-refractivity contribution in [1.82, 2.24) is 9.55 Å². The first-order valence-corrected chi connectivity index (χ1v) is 15.7. The second-order valence-corrected chi connectivity index (χ2v) is 12.3. The molecule has 1 fully saturated rings. The first kappa shape index (κ1) is 32.1. The lowest BCUT2D eigenvalue weighted by Crippen LogP contribution is -2.33. The number of nitrogens with zero attached hydrogens (tertiary/aromatic N) is 1. The fourth-order valence-corrected chi connectivity index (χ4v) is 6.07. The van der Waals surface area contributed by atoms with Gasteiger partial charge in [0.1, 0.15) is 12.3 Å². The SMILES string of the molecule is CCCCCCCCCCCCOP(=O)(O)OP(=O)(O)OC[C@H]1O[C@@H](n2cc(C)c(=O)[nH]c2=O)C[C@@H]1O. The highest BCUT2D eigenvalue weighted by atomic mass is 31.3. The fraction of sp³-hybridized carbons (Fsp3) is 0.818. The summed E-state index contributed by atoms with van der Waals surface area (Å²) >= 11 is 0. The van der Waals surface area contributed by atoms with Gasteiger partial charge in [-0.1, -0.05) is 64.7 Å². The van der Waals surface area contributed by atoms with Crippen LogP contribution in [0.1, 0.15) is 89.3 Å². The Morgan fingerprint density at radius 2 is 1.57 bits per heavy atom. The van der Waals surface area contributed by atoms with E-state index in [1.165, 1.54) is 45.2 Å². The summed E-state index contributed by atoms with van der Waals surface area (Å²) in [4.78, 5) is 45.3. The van der Waals surface area contributed by atoms with E-state index in [4.69, 9.17) is 13.8 Å². The Labute approximate surface area is 216 Å². The van der Waals surface area contributed by atoms with Crippen molar-refractivity contribution in [2.24, 2.45) is 0 Å². The van der Waals surface area contributed by atoms with Gasteiger partial charge in [0.25, 0.3) is 5.56 Å². The van der Waals surface area contributed by atoms with E-state index in [0.717, 1.165) is 30.3 Å². The molecular formula is C22H40N2O11P2. The van der Waals surface area contributed by atoms with Gasteiger partial charge >= 0.3 is 21.3 Å². The number of nitrogens with one attached hydrogen (secondary N) is 1. The van der Waals surface area contributed by atoms with E-state index in [1.807, 2.05) is 0 Å². The third-order valence-electron chi connectivity index (χ3n) is 6.02. The van der Waals surface area contributed by atoms with Crippen LogP contribution in [-0.4, -0.2) is 49.9 Å². The number of aromatic nitrogens is 2. The van der Waals surface area contributed by atoms with E-state index < -0.39 is 51.9 Å². The van der Waals surface area contributed by atoms with Crippen molar-refractivity contribution in [3.8, 4) is 0 Å². The topological polar surface area (TPSA) is 187 Å². The number of unbranched alkanes of at least 4 members (excludes halogenated alkanes) is 9. The molecule has 0 amide bonds. The summed E-state index contributed by atoms with van der Waals surface area (Å²) < 4.78 is 44.6. The fourth-order valence-electron chi connectivity index (χ4n) is 3.95. The average Bonchev–Trinajstić information content (AvgIpc) is 3.18. The summed E-state index contributed by atoms with van der Waals surface area (Å²) in [6.45, 7) is 2.89. The number of ether oxygens (including phenoxy) is 1. The van der Waals surface area contributed by atoms with Gasteiger partial charge < -0.3 is 19.6 Å². The third kappa shape index (κ3) is 11.6. The minimum Gasteiger partial charge on any atom is -0.390 e. The molecule has 5 atom stereocenters. The molecule has 4 N–H and O–H groups in total. The number of aliphatic hydroxyl groups excluding tert-OH is 1. The van der Waals surface area contributed by atoms with Crippen molar-refractivity contribution in [2.45, 2.75) is 103 Å². The van der Waals surface area contributed by atoms with Crippen LogP contribution < -0.4 is 11.2 Å². The van der Waals surface area contributed by atoms with Gasteiger partial charge in [0.2, 0.25) is 0 Å². The lowest BCUT2D eigenvalue weighted by atomic mass is 10.1. The van der Waals surface area contributed by atoms with Crippen LogP contribution in [-0.2, 0) is 27.2 Å². The standard InChI is InChI=1S/C22H40N2O11P2/c1-3-4-5-6-7-8-9-10-11-12-13-32-36(28,29)35-37(30,31)33-16-19-18(25)14-20(34-19)24-15-17(2)21(26)23-22(24)27/h15,18-20,25H,3-14,16H2,1-2H3,(H,28,29)(H,30,31)(H,23,26,27)/t18-,19+,20+/m0/s1. The van der Waals surface area contributed by atoms with Crippen molar-refractivity contribution in [1.29, 1.82) is 0 Å². The molecule has 2 rings (SSSR count). The van der Waals surface area contributed by atoms with Crippen molar-refractivity contribution in [3.05, 3.63) is 32.6 Å². The lowest BCUT2D eigenvalue weighted by molar-refractivity contribution is -0.0451. The normalized spacial score (nSPS) is 23.1. The summed E-state index contributed by atoms with van der Waals surface area (Å²) in [5, 5.41) is 10.2. The van der Waals surface area contributed by atoms with Crippen LogP contribution in [0.25, 0.3) is 0 Å². The number of aromatic amines is 1. The molecule has 15 heteroatoms. The maximum Gasteiger partial charge on any atom is 0.481 e. The van der Waals surface area contributed by atoms with Crippen LogP contribution >= 0.6 is 15.6 Å². The average molecular weight is 571 g/mol. The van der Waals surface area contributed by atoms with Gasteiger partial charge in [-0.3, -0.25) is 23.4 Å². The molecule has 1 aliphatic heterocycles. The summed E-state index contributed by atoms with van der Waals surface area (Å²) in [5.74, 6) is 0. The molecule has 2 heterocycles. The Hall–Kier alpha value is -1.14. The van der Waals surface area contributed by atoms with E-state index in [0.29, 0.717) is 6.42 Å². The third-order valence-corrected chi connectivity index (χ3v) is 8.66. The Morgan fingerprint density at radius 3 is 2.19 bits per heavy atom. The second kappa shape index (κ2) is 15.5. The molecule has 1 aromatic rings. The molecule has 0 aliphatic carbocycles. The Balaban J connectivity index is 1.69. The van der Waals surface area contributed by atoms with E-state index in [1.54, 1.807) is 0 Å². The lowest BCUT2D eigenvalue weighted by Gasteiger charge is -2.19. The Bertz CT molecular complexity index is 1040. The highest BCUT2D eigenvalue weighted by molar-refractivity contribution is 7.61. The van der Waals surface area contributed by atoms with Gasteiger partial charge in [-0.25, -0.2) is 13.9 Å². The molecule has 0 radical (unpaired) electrons. The van der Waals surface area contributed by atoms with Gasteiger partial charge in [0.05, 0.1) is 19.3 Å². The monoisotopic (exact) mass is 570 g/mol. The van der Waals surface area contributed by atoms with Crippen LogP contribution in [0.4, 0.5) is 0 Å². The van der Waals surface area contributed by atoms with E-state index in [-0.39, 0.29) is 18.6 Å². The molecule has 37 heavy (non-hydrogen) atoms. The molecule has 0 aromatic carbocycles.